The number of nitro groups is 1. The van der Waals surface area contributed by atoms with Gasteiger partial charge in [0.25, 0.3) is 17.2 Å². The third-order valence-corrected chi connectivity index (χ3v) is 5.62. The highest BCUT2D eigenvalue weighted by atomic mass is 16.6. The molecule has 2 aromatic carbocycles. The number of nitrogens with zero attached hydrogens (tertiary/aromatic N) is 3. The highest BCUT2D eigenvalue weighted by Gasteiger charge is 2.52. The van der Waals surface area contributed by atoms with Gasteiger partial charge in [0.05, 0.1) is 11.5 Å². The summed E-state index contributed by atoms with van der Waals surface area (Å²) in [6, 6.07) is 14.7. The number of nitro benzene ring substituents is 1. The Bertz CT molecular complexity index is 890. The van der Waals surface area contributed by atoms with E-state index in [-0.39, 0.29) is 5.69 Å². The molecule has 2 aromatic rings. The highest BCUT2D eigenvalue weighted by Crippen LogP contribution is 2.35. The molecule has 0 aliphatic carbocycles. The van der Waals surface area contributed by atoms with Crippen LogP contribution in [0, 0.1) is 17.0 Å². The van der Waals surface area contributed by atoms with Crippen molar-refractivity contribution in [1.82, 2.24) is 0 Å². The number of anilines is 1. The minimum Gasteiger partial charge on any atom is -0.346 e. The lowest BCUT2D eigenvalue weighted by atomic mass is 10.0. The van der Waals surface area contributed by atoms with Crippen LogP contribution in [-0.4, -0.2) is 33.5 Å². The topological polar surface area (TPSA) is 69.6 Å². The second-order valence-electron chi connectivity index (χ2n) is 7.42. The fraction of sp³-hybridized carbons (Fsp3) is 0.381. The maximum absolute atomic E-state index is 11.7. The van der Waals surface area contributed by atoms with Gasteiger partial charge in [0.15, 0.2) is 6.54 Å². The molecule has 0 amide bonds. The lowest BCUT2D eigenvalue weighted by Crippen LogP contribution is -2.41. The molecule has 2 heterocycles. The van der Waals surface area contributed by atoms with Crippen LogP contribution in [0.1, 0.15) is 36.8 Å². The Morgan fingerprint density at radius 2 is 1.78 bits per heavy atom. The molecule has 0 aromatic heterocycles. The maximum atomic E-state index is 11.7. The van der Waals surface area contributed by atoms with E-state index in [9.17, 15) is 15.2 Å². The molecule has 1 N–H and O–H groups in total. The molecule has 6 nitrogen and oxygen atoms in total. The number of benzene rings is 2. The molecule has 4 rings (SSSR count). The quantitative estimate of drug-likeness (QED) is 0.512. The van der Waals surface area contributed by atoms with Crippen molar-refractivity contribution in [3.63, 3.8) is 0 Å². The molecular weight excluding hydrogens is 342 g/mol. The van der Waals surface area contributed by atoms with E-state index in [4.69, 9.17) is 0 Å². The van der Waals surface area contributed by atoms with Gasteiger partial charge in [-0.15, -0.1) is 0 Å². The third-order valence-electron chi connectivity index (χ3n) is 5.62. The number of β-amino-alcohol motifs (C(OH)–C–C–N with tert-alkyl or cyclic N) is 1. The number of aryl methyl sites for hydroxylation is 1. The Kier molecular flexibility index (Phi) is 4.44. The number of amidine groups is 1. The van der Waals surface area contributed by atoms with Gasteiger partial charge < -0.3 is 5.11 Å². The second kappa shape index (κ2) is 6.78. The summed E-state index contributed by atoms with van der Waals surface area (Å²) < 4.78 is 2.10. The molecule has 1 atom stereocenters. The average Bonchev–Trinajstić information content (AvgIpc) is 2.83. The minimum atomic E-state index is -1.18. The number of hydrogen-bond donors (Lipinski definition) is 1. The van der Waals surface area contributed by atoms with E-state index in [2.05, 4.69) is 40.7 Å². The van der Waals surface area contributed by atoms with Crippen LogP contribution in [0.4, 0.5) is 11.4 Å². The number of aliphatic hydroxyl groups is 1. The molecule has 0 fully saturated rings. The third kappa shape index (κ3) is 3.10. The van der Waals surface area contributed by atoms with E-state index in [0.29, 0.717) is 12.1 Å². The van der Waals surface area contributed by atoms with Crippen molar-refractivity contribution >= 4 is 17.2 Å². The molecule has 2 aliphatic heterocycles. The molecule has 0 bridgehead atoms. The first-order valence-electron chi connectivity index (χ1n) is 9.44. The predicted octanol–water partition coefficient (Wildman–Crippen LogP) is 3.55. The lowest BCUT2D eigenvalue weighted by molar-refractivity contribution is -0.658. The summed E-state index contributed by atoms with van der Waals surface area (Å²) >= 11 is 0. The van der Waals surface area contributed by atoms with Crippen LogP contribution in [0.2, 0.25) is 0 Å². The summed E-state index contributed by atoms with van der Waals surface area (Å²) in [5.41, 5.74) is 1.82. The van der Waals surface area contributed by atoms with Gasteiger partial charge in [-0.1, -0.05) is 17.7 Å². The lowest BCUT2D eigenvalue weighted by Gasteiger charge is -2.23. The van der Waals surface area contributed by atoms with Crippen molar-refractivity contribution < 1.29 is 14.6 Å². The molecule has 6 heteroatoms. The van der Waals surface area contributed by atoms with Gasteiger partial charge in [0.2, 0.25) is 0 Å². The maximum Gasteiger partial charge on any atom is 0.271 e. The van der Waals surface area contributed by atoms with E-state index in [1.807, 2.05) is 0 Å². The second-order valence-corrected chi connectivity index (χ2v) is 7.42. The van der Waals surface area contributed by atoms with Crippen molar-refractivity contribution in [2.45, 2.75) is 38.3 Å². The van der Waals surface area contributed by atoms with Crippen LogP contribution < -0.4 is 4.90 Å². The van der Waals surface area contributed by atoms with Gasteiger partial charge in [0.1, 0.15) is 5.69 Å². The Balaban J connectivity index is 1.77. The summed E-state index contributed by atoms with van der Waals surface area (Å²) in [5, 5.41) is 22.7. The van der Waals surface area contributed by atoms with Crippen LogP contribution in [0.25, 0.3) is 0 Å². The first kappa shape index (κ1) is 17.7. The summed E-state index contributed by atoms with van der Waals surface area (Å²) in [7, 11) is 0. The van der Waals surface area contributed by atoms with E-state index in [1.165, 1.54) is 17.7 Å². The fourth-order valence-corrected chi connectivity index (χ4v) is 4.13. The van der Waals surface area contributed by atoms with Gasteiger partial charge in [-0.2, -0.15) is 0 Å². The molecule has 0 spiro atoms. The molecule has 1 unspecified atom stereocenters. The van der Waals surface area contributed by atoms with E-state index >= 15 is 0 Å². The molecule has 0 radical (unpaired) electrons. The Morgan fingerprint density at radius 1 is 1.07 bits per heavy atom. The first-order valence-corrected chi connectivity index (χ1v) is 9.44. The molecule has 0 saturated carbocycles. The minimum absolute atomic E-state index is 0.0378. The van der Waals surface area contributed by atoms with Gasteiger partial charge in [-0.05, 0) is 50.5 Å². The van der Waals surface area contributed by atoms with Crippen molar-refractivity contribution in [2.75, 3.05) is 18.0 Å². The molecule has 0 saturated heterocycles. The predicted molar refractivity (Wildman–Crippen MR) is 104 cm³/mol. The molecular formula is C21H24N3O3+. The van der Waals surface area contributed by atoms with E-state index < -0.39 is 10.6 Å². The number of hydrogen-bond acceptors (Lipinski definition) is 4. The van der Waals surface area contributed by atoms with Gasteiger partial charge in [0, 0.05) is 24.1 Å². The zero-order valence-corrected chi connectivity index (χ0v) is 15.5. The molecule has 2 aliphatic rings. The van der Waals surface area contributed by atoms with E-state index in [0.717, 1.165) is 43.8 Å². The van der Waals surface area contributed by atoms with Crippen LogP contribution in [0.15, 0.2) is 48.5 Å². The number of non-ortho nitro benzene ring substituents is 1. The van der Waals surface area contributed by atoms with Crippen LogP contribution in [0.3, 0.4) is 0 Å². The standard InChI is InChI=1S/C21H24N3O3/c1-16-6-10-18(11-7-16)22-15-21(25,23-14-4-2-3-5-20(22)23)17-8-12-19(13-9-17)24(26)27/h6-13,25H,2-5,14-15H2,1H3/q+1. The van der Waals surface area contributed by atoms with Crippen LogP contribution >= 0.6 is 0 Å². The fourth-order valence-electron chi connectivity index (χ4n) is 4.13. The summed E-state index contributed by atoms with van der Waals surface area (Å²) in [4.78, 5) is 12.8. The summed E-state index contributed by atoms with van der Waals surface area (Å²) in [5.74, 6) is 1.14. The van der Waals surface area contributed by atoms with Crippen molar-refractivity contribution in [1.29, 1.82) is 0 Å². The van der Waals surface area contributed by atoms with Gasteiger partial charge >= 0.3 is 0 Å². The molecule has 27 heavy (non-hydrogen) atoms. The van der Waals surface area contributed by atoms with Crippen molar-refractivity contribution in [3.8, 4) is 0 Å². The van der Waals surface area contributed by atoms with E-state index in [1.54, 1.807) is 12.1 Å². The van der Waals surface area contributed by atoms with Crippen molar-refractivity contribution in [3.05, 3.63) is 69.8 Å². The normalized spacial score (nSPS) is 22.5. The Labute approximate surface area is 158 Å². The van der Waals surface area contributed by atoms with Crippen LogP contribution in [-0.2, 0) is 5.72 Å². The summed E-state index contributed by atoms with van der Waals surface area (Å²) in [6.45, 7) is 3.26. The Hall–Kier alpha value is -2.73. The first-order chi connectivity index (χ1) is 13.0. The SMILES string of the molecule is Cc1ccc(N2CC(O)(c3ccc([N+](=O)[O-])cc3)[N+]3=C2CCCCC3)cc1. The van der Waals surface area contributed by atoms with Crippen LogP contribution in [0.5, 0.6) is 0 Å². The monoisotopic (exact) mass is 366 g/mol. The molecule has 140 valence electrons. The number of rotatable bonds is 3. The van der Waals surface area contributed by atoms with Gasteiger partial charge in [-0.3, -0.25) is 10.1 Å². The average molecular weight is 366 g/mol. The zero-order valence-electron chi connectivity index (χ0n) is 15.5. The Morgan fingerprint density at radius 3 is 2.44 bits per heavy atom. The van der Waals surface area contributed by atoms with Gasteiger partial charge in [-0.25, -0.2) is 9.48 Å². The highest BCUT2D eigenvalue weighted by molar-refractivity contribution is 5.95. The van der Waals surface area contributed by atoms with Crippen molar-refractivity contribution in [2.24, 2.45) is 0 Å². The smallest absolute Gasteiger partial charge is 0.271 e. The largest absolute Gasteiger partial charge is 0.346 e. The zero-order chi connectivity index (χ0) is 19.0. The summed E-state index contributed by atoms with van der Waals surface area (Å²) in [6.07, 6.45) is 4.19.